The van der Waals surface area contributed by atoms with Crippen LogP contribution in [-0.4, -0.2) is 59.9 Å². The van der Waals surface area contributed by atoms with Gasteiger partial charge in [0.15, 0.2) is 17.6 Å². The molecule has 168 valence electrons. The number of hydrogen-bond donors (Lipinski definition) is 1. The Morgan fingerprint density at radius 1 is 1.23 bits per heavy atom. The van der Waals surface area contributed by atoms with Crippen LogP contribution < -0.4 is 9.47 Å². The number of likely N-dealkylation sites (tertiary alicyclic amines) is 1. The highest BCUT2D eigenvalue weighted by Gasteiger charge is 2.49. The number of methoxy groups -OCH3 is 1. The summed E-state index contributed by atoms with van der Waals surface area (Å²) in [4.78, 5) is 25.8. The number of esters is 1. The molecule has 1 N–H and O–H groups in total. The molecule has 1 saturated heterocycles. The van der Waals surface area contributed by atoms with Crippen LogP contribution in [0.1, 0.15) is 59.9 Å². The molecular formula is C23H35NO6. The molecule has 0 bridgehead atoms. The number of carbonyl (C=O) groups is 2. The van der Waals surface area contributed by atoms with E-state index in [-0.39, 0.29) is 11.8 Å². The van der Waals surface area contributed by atoms with Crippen molar-refractivity contribution in [2.24, 2.45) is 5.41 Å². The molecule has 1 fully saturated rings. The third kappa shape index (κ3) is 5.25. The Labute approximate surface area is 179 Å². The molecule has 1 aliphatic heterocycles. The van der Waals surface area contributed by atoms with Gasteiger partial charge in [-0.25, -0.2) is 0 Å². The molecule has 0 saturated carbocycles. The molecule has 4 atom stereocenters. The molecule has 0 aromatic heterocycles. The first-order valence-electron chi connectivity index (χ1n) is 10.3. The van der Waals surface area contributed by atoms with Gasteiger partial charge in [-0.2, -0.15) is 0 Å². The van der Waals surface area contributed by atoms with Crippen LogP contribution in [0.2, 0.25) is 0 Å². The monoisotopic (exact) mass is 421 g/mol. The third-order valence-corrected chi connectivity index (χ3v) is 5.69. The van der Waals surface area contributed by atoms with Crippen LogP contribution in [0.4, 0.5) is 0 Å². The summed E-state index contributed by atoms with van der Waals surface area (Å²) in [7, 11) is 1.59. The van der Waals surface area contributed by atoms with Crippen molar-refractivity contribution in [3.05, 3.63) is 23.8 Å². The number of amides is 1. The molecule has 1 heterocycles. The number of aliphatic hydroxyl groups excluding tert-OH is 1. The van der Waals surface area contributed by atoms with Gasteiger partial charge in [-0.1, -0.05) is 13.0 Å². The van der Waals surface area contributed by atoms with Gasteiger partial charge in [0, 0.05) is 31.3 Å². The second-order valence-corrected chi connectivity index (χ2v) is 9.33. The molecule has 0 spiro atoms. The zero-order chi connectivity index (χ0) is 22.9. The van der Waals surface area contributed by atoms with Crippen molar-refractivity contribution >= 4 is 11.9 Å². The molecule has 30 heavy (non-hydrogen) atoms. The molecule has 1 aromatic rings. The number of hydrogen-bond acceptors (Lipinski definition) is 6. The number of ether oxygens (including phenoxy) is 3. The van der Waals surface area contributed by atoms with Gasteiger partial charge in [-0.3, -0.25) is 9.59 Å². The Morgan fingerprint density at radius 3 is 2.37 bits per heavy atom. The van der Waals surface area contributed by atoms with Crippen LogP contribution in [0.5, 0.6) is 11.5 Å². The SMILES string of the molecule is COc1ccc(C2CN(C(=O)C(C)OC(C)=O)CC2(C)C(C)O)cc1OC(C)(C)C. The number of rotatable bonds is 6. The van der Waals surface area contributed by atoms with Crippen LogP contribution in [0, 0.1) is 5.41 Å². The topological polar surface area (TPSA) is 85.3 Å². The summed E-state index contributed by atoms with van der Waals surface area (Å²) in [5, 5.41) is 10.6. The van der Waals surface area contributed by atoms with E-state index in [0.717, 1.165) is 5.56 Å². The molecule has 1 amide bonds. The molecule has 0 radical (unpaired) electrons. The van der Waals surface area contributed by atoms with Crippen molar-refractivity contribution in [1.82, 2.24) is 4.90 Å². The third-order valence-electron chi connectivity index (χ3n) is 5.69. The van der Waals surface area contributed by atoms with E-state index in [9.17, 15) is 14.7 Å². The molecular weight excluding hydrogens is 386 g/mol. The number of benzene rings is 1. The number of carbonyl (C=O) groups excluding carboxylic acids is 2. The molecule has 1 aliphatic rings. The first kappa shape index (κ1) is 24.0. The lowest BCUT2D eigenvalue weighted by Crippen LogP contribution is -2.41. The second kappa shape index (κ2) is 8.84. The van der Waals surface area contributed by atoms with Crippen LogP contribution >= 0.6 is 0 Å². The fourth-order valence-electron chi connectivity index (χ4n) is 3.97. The lowest BCUT2D eigenvalue weighted by Gasteiger charge is -2.34. The van der Waals surface area contributed by atoms with Gasteiger partial charge in [0.1, 0.15) is 5.60 Å². The maximum absolute atomic E-state index is 12.8. The van der Waals surface area contributed by atoms with Gasteiger partial charge >= 0.3 is 5.97 Å². The van der Waals surface area contributed by atoms with Gasteiger partial charge in [0.2, 0.25) is 0 Å². The lowest BCUT2D eigenvalue weighted by molar-refractivity contribution is -0.157. The van der Waals surface area contributed by atoms with E-state index in [2.05, 4.69) is 0 Å². The summed E-state index contributed by atoms with van der Waals surface area (Å²) in [6.45, 7) is 13.2. The molecule has 7 heteroatoms. The van der Waals surface area contributed by atoms with Crippen LogP contribution in [-0.2, 0) is 14.3 Å². The normalized spacial score (nSPS) is 23.6. The first-order valence-corrected chi connectivity index (χ1v) is 10.3. The fraction of sp³-hybridized carbons (Fsp3) is 0.652. The van der Waals surface area contributed by atoms with Crippen molar-refractivity contribution in [2.75, 3.05) is 20.2 Å². The summed E-state index contributed by atoms with van der Waals surface area (Å²) in [6, 6.07) is 5.73. The van der Waals surface area contributed by atoms with Gasteiger partial charge < -0.3 is 24.2 Å². The van der Waals surface area contributed by atoms with E-state index in [0.29, 0.717) is 24.6 Å². The Hall–Kier alpha value is -2.28. The average molecular weight is 422 g/mol. The van der Waals surface area contributed by atoms with Crippen LogP contribution in [0.3, 0.4) is 0 Å². The smallest absolute Gasteiger partial charge is 0.303 e. The van der Waals surface area contributed by atoms with Gasteiger partial charge in [0.25, 0.3) is 5.91 Å². The molecule has 7 nitrogen and oxygen atoms in total. The first-order chi connectivity index (χ1) is 13.8. The van der Waals surface area contributed by atoms with Crippen molar-refractivity contribution in [3.63, 3.8) is 0 Å². The van der Waals surface area contributed by atoms with E-state index >= 15 is 0 Å². The largest absolute Gasteiger partial charge is 0.493 e. The van der Waals surface area contributed by atoms with E-state index in [1.165, 1.54) is 6.92 Å². The summed E-state index contributed by atoms with van der Waals surface area (Å²) < 4.78 is 16.6. The Kier molecular flexibility index (Phi) is 7.07. The number of nitrogens with zero attached hydrogens (tertiary/aromatic N) is 1. The molecule has 4 unspecified atom stereocenters. The van der Waals surface area contributed by atoms with E-state index in [1.807, 2.05) is 45.9 Å². The minimum atomic E-state index is -0.866. The van der Waals surface area contributed by atoms with Crippen molar-refractivity contribution in [3.8, 4) is 11.5 Å². The standard InChI is InChI=1S/C23H35NO6/c1-14(29-16(3)26)21(27)24-12-18(23(7,13-24)15(2)25)17-9-10-19(28-8)20(11-17)30-22(4,5)6/h9-11,14-15,18,25H,12-13H2,1-8H3. The predicted molar refractivity (Wildman–Crippen MR) is 114 cm³/mol. The van der Waals surface area contributed by atoms with Crippen molar-refractivity contribution in [1.29, 1.82) is 0 Å². The Bertz CT molecular complexity index is 784. The maximum atomic E-state index is 12.8. The highest BCUT2D eigenvalue weighted by Crippen LogP contribution is 2.47. The maximum Gasteiger partial charge on any atom is 0.303 e. The molecule has 1 aromatic carbocycles. The van der Waals surface area contributed by atoms with Gasteiger partial charge in [-0.05, 0) is 52.3 Å². The fourth-order valence-corrected chi connectivity index (χ4v) is 3.97. The van der Waals surface area contributed by atoms with E-state index in [1.54, 1.807) is 25.9 Å². The summed E-state index contributed by atoms with van der Waals surface area (Å²) >= 11 is 0. The zero-order valence-corrected chi connectivity index (χ0v) is 19.3. The molecule has 0 aliphatic carbocycles. The average Bonchev–Trinajstić information content (AvgIpc) is 2.98. The summed E-state index contributed by atoms with van der Waals surface area (Å²) in [5.74, 6) is 0.359. The van der Waals surface area contributed by atoms with Crippen LogP contribution in [0.15, 0.2) is 18.2 Å². The highest BCUT2D eigenvalue weighted by atomic mass is 16.5. The Morgan fingerprint density at radius 2 is 1.87 bits per heavy atom. The van der Waals surface area contributed by atoms with Crippen LogP contribution in [0.25, 0.3) is 0 Å². The summed E-state index contributed by atoms with van der Waals surface area (Å²) in [6.07, 6.45) is -1.52. The van der Waals surface area contributed by atoms with E-state index < -0.39 is 29.2 Å². The Balaban J connectivity index is 2.39. The highest BCUT2D eigenvalue weighted by molar-refractivity contribution is 5.83. The van der Waals surface area contributed by atoms with Crippen molar-refractivity contribution < 1.29 is 28.9 Å². The summed E-state index contributed by atoms with van der Waals surface area (Å²) in [5.41, 5.74) is -0.0237. The zero-order valence-electron chi connectivity index (χ0n) is 19.3. The molecule has 2 rings (SSSR count). The predicted octanol–water partition coefficient (Wildman–Crippen LogP) is 3.14. The van der Waals surface area contributed by atoms with E-state index in [4.69, 9.17) is 14.2 Å². The quantitative estimate of drug-likeness (QED) is 0.711. The minimum Gasteiger partial charge on any atom is -0.493 e. The number of aliphatic hydroxyl groups is 1. The lowest BCUT2D eigenvalue weighted by atomic mass is 9.72. The minimum absolute atomic E-state index is 0.126. The van der Waals surface area contributed by atoms with Gasteiger partial charge in [-0.15, -0.1) is 0 Å². The van der Waals surface area contributed by atoms with Crippen molar-refractivity contribution in [2.45, 2.75) is 72.2 Å². The van der Waals surface area contributed by atoms with Gasteiger partial charge in [0.05, 0.1) is 13.2 Å². The second-order valence-electron chi connectivity index (χ2n) is 9.33.